The van der Waals surface area contributed by atoms with Crippen molar-refractivity contribution in [3.63, 3.8) is 0 Å². The number of ether oxygens (including phenoxy) is 1. The van der Waals surface area contributed by atoms with Gasteiger partial charge in [0.1, 0.15) is 11.3 Å². The Hall–Kier alpha value is -1.55. The number of aliphatic carboxylic acids is 1. The molecule has 0 aliphatic heterocycles. The van der Waals surface area contributed by atoms with Crippen molar-refractivity contribution in [2.45, 2.75) is 26.3 Å². The van der Waals surface area contributed by atoms with Gasteiger partial charge in [0.25, 0.3) is 0 Å². The van der Waals surface area contributed by atoms with Crippen molar-refractivity contribution in [3.05, 3.63) is 29.8 Å². The van der Waals surface area contributed by atoms with Gasteiger partial charge in [-0.2, -0.15) is 0 Å². The van der Waals surface area contributed by atoms with Crippen LogP contribution in [0.5, 0.6) is 5.75 Å². The van der Waals surface area contributed by atoms with Gasteiger partial charge >= 0.3 is 5.97 Å². The monoisotopic (exact) mass is 251 g/mol. The van der Waals surface area contributed by atoms with Gasteiger partial charge in [0.05, 0.1) is 7.11 Å². The number of carboxylic acid groups (broad SMARTS) is 1. The Morgan fingerprint density at radius 1 is 1.28 bits per heavy atom. The zero-order valence-corrected chi connectivity index (χ0v) is 11.4. The zero-order valence-electron chi connectivity index (χ0n) is 11.4. The van der Waals surface area contributed by atoms with E-state index in [-0.39, 0.29) is 0 Å². The molecule has 4 nitrogen and oxygen atoms in total. The highest BCUT2D eigenvalue weighted by atomic mass is 16.5. The minimum absolute atomic E-state index is 0.686. The smallest absolute Gasteiger partial charge is 0.328 e. The molecule has 1 rings (SSSR count). The summed E-state index contributed by atoms with van der Waals surface area (Å²) in [5.74, 6) is -0.109. The number of carboxylic acids is 1. The molecule has 0 radical (unpaired) electrons. The minimum Gasteiger partial charge on any atom is -0.497 e. The lowest BCUT2D eigenvalue weighted by molar-refractivity contribution is -0.151. The predicted molar refractivity (Wildman–Crippen MR) is 70.9 cm³/mol. The van der Waals surface area contributed by atoms with E-state index in [2.05, 4.69) is 0 Å². The van der Waals surface area contributed by atoms with Gasteiger partial charge in [-0.25, -0.2) is 4.79 Å². The van der Waals surface area contributed by atoms with Crippen LogP contribution < -0.4 is 4.74 Å². The van der Waals surface area contributed by atoms with Crippen LogP contribution in [0.25, 0.3) is 0 Å². The Kier molecular flexibility index (Phi) is 4.73. The van der Waals surface area contributed by atoms with Gasteiger partial charge in [0.15, 0.2) is 0 Å². The van der Waals surface area contributed by atoms with E-state index >= 15 is 0 Å². The summed E-state index contributed by atoms with van der Waals surface area (Å²) in [7, 11) is 1.59. The van der Waals surface area contributed by atoms with Crippen LogP contribution in [0.3, 0.4) is 0 Å². The van der Waals surface area contributed by atoms with Crippen molar-refractivity contribution in [1.29, 1.82) is 0 Å². The van der Waals surface area contributed by atoms with Crippen LogP contribution in [0.2, 0.25) is 0 Å². The molecule has 100 valence electrons. The Labute approximate surface area is 108 Å². The Bertz CT molecular complexity index is 398. The van der Waals surface area contributed by atoms with E-state index in [1.807, 2.05) is 30.9 Å². The fourth-order valence-electron chi connectivity index (χ4n) is 2.21. The number of benzene rings is 1. The fraction of sp³-hybridized carbons (Fsp3) is 0.500. The molecule has 0 fully saturated rings. The summed E-state index contributed by atoms with van der Waals surface area (Å²) in [5, 5.41) is 9.57. The van der Waals surface area contributed by atoms with Crippen LogP contribution in [0.1, 0.15) is 26.3 Å². The lowest BCUT2D eigenvalue weighted by Crippen LogP contribution is -2.49. The quantitative estimate of drug-likeness (QED) is 0.843. The van der Waals surface area contributed by atoms with Gasteiger partial charge in [0, 0.05) is 0 Å². The van der Waals surface area contributed by atoms with E-state index in [4.69, 9.17) is 4.74 Å². The first-order chi connectivity index (χ1) is 8.50. The van der Waals surface area contributed by atoms with Crippen LogP contribution in [-0.4, -0.2) is 36.2 Å². The van der Waals surface area contributed by atoms with Gasteiger partial charge in [-0.05, 0) is 37.7 Å². The lowest BCUT2D eigenvalue weighted by atomic mass is 9.90. The Morgan fingerprint density at radius 2 is 1.78 bits per heavy atom. The first-order valence-corrected chi connectivity index (χ1v) is 6.13. The molecular formula is C14H21NO3. The minimum atomic E-state index is -1.00. The summed E-state index contributed by atoms with van der Waals surface area (Å²) in [6.45, 7) is 7.04. The van der Waals surface area contributed by atoms with Crippen LogP contribution in [0.15, 0.2) is 24.3 Å². The van der Waals surface area contributed by atoms with E-state index in [1.54, 1.807) is 26.2 Å². The van der Waals surface area contributed by atoms with Gasteiger partial charge in [-0.15, -0.1) is 0 Å². The van der Waals surface area contributed by atoms with Gasteiger partial charge in [-0.3, -0.25) is 4.90 Å². The number of methoxy groups -OCH3 is 1. The van der Waals surface area contributed by atoms with E-state index in [1.165, 1.54) is 0 Å². The Morgan fingerprint density at radius 3 is 2.11 bits per heavy atom. The second-order valence-corrected chi connectivity index (χ2v) is 4.28. The summed E-state index contributed by atoms with van der Waals surface area (Å²) in [4.78, 5) is 13.6. The van der Waals surface area contributed by atoms with Gasteiger partial charge in [0.2, 0.25) is 0 Å². The maximum atomic E-state index is 11.7. The summed E-state index contributed by atoms with van der Waals surface area (Å²) >= 11 is 0. The third kappa shape index (κ3) is 2.48. The average Bonchev–Trinajstić information content (AvgIpc) is 2.39. The van der Waals surface area contributed by atoms with Gasteiger partial charge in [-0.1, -0.05) is 26.0 Å². The highest BCUT2D eigenvalue weighted by Crippen LogP contribution is 2.29. The molecule has 0 aliphatic rings. The second kappa shape index (κ2) is 5.87. The van der Waals surface area contributed by atoms with Gasteiger partial charge < -0.3 is 9.84 Å². The first kappa shape index (κ1) is 14.5. The van der Waals surface area contributed by atoms with Crippen molar-refractivity contribution in [2.24, 2.45) is 0 Å². The SMILES string of the molecule is CCN(CC)[C@](C)(C(=O)O)c1ccc(OC)cc1. The van der Waals surface area contributed by atoms with E-state index in [9.17, 15) is 9.90 Å². The number of nitrogens with zero attached hydrogens (tertiary/aromatic N) is 1. The molecule has 0 heterocycles. The standard InChI is InChI=1S/C14H21NO3/c1-5-15(6-2)14(3,13(16)17)11-7-9-12(18-4)10-8-11/h7-10H,5-6H2,1-4H3,(H,16,17)/t14-/m0/s1. The number of likely N-dealkylation sites (N-methyl/N-ethyl adjacent to an activating group) is 1. The summed E-state index contributed by atoms with van der Waals surface area (Å²) in [6, 6.07) is 7.20. The third-order valence-corrected chi connectivity index (χ3v) is 3.46. The highest BCUT2D eigenvalue weighted by molar-refractivity contribution is 5.80. The molecule has 0 unspecified atom stereocenters. The van der Waals surface area contributed by atoms with Crippen molar-refractivity contribution < 1.29 is 14.6 Å². The van der Waals surface area contributed by atoms with Crippen LogP contribution >= 0.6 is 0 Å². The van der Waals surface area contributed by atoms with Crippen molar-refractivity contribution in [3.8, 4) is 5.75 Å². The van der Waals surface area contributed by atoms with Crippen LogP contribution in [0, 0.1) is 0 Å². The molecule has 18 heavy (non-hydrogen) atoms. The van der Waals surface area contributed by atoms with E-state index in [0.717, 1.165) is 11.3 Å². The number of hydrogen-bond acceptors (Lipinski definition) is 3. The molecule has 0 spiro atoms. The van der Waals surface area contributed by atoms with Crippen molar-refractivity contribution in [1.82, 2.24) is 4.90 Å². The second-order valence-electron chi connectivity index (χ2n) is 4.28. The van der Waals surface area contributed by atoms with E-state index in [0.29, 0.717) is 13.1 Å². The normalized spacial score (nSPS) is 14.3. The summed E-state index contributed by atoms with van der Waals surface area (Å²) in [6.07, 6.45) is 0. The molecule has 0 saturated carbocycles. The summed E-state index contributed by atoms with van der Waals surface area (Å²) in [5.41, 5.74) is -0.241. The molecule has 4 heteroatoms. The average molecular weight is 251 g/mol. The highest BCUT2D eigenvalue weighted by Gasteiger charge is 2.39. The fourth-order valence-corrected chi connectivity index (χ4v) is 2.21. The number of carbonyl (C=O) groups is 1. The molecule has 0 aromatic heterocycles. The van der Waals surface area contributed by atoms with Crippen molar-refractivity contribution >= 4 is 5.97 Å². The number of rotatable bonds is 6. The third-order valence-electron chi connectivity index (χ3n) is 3.46. The van der Waals surface area contributed by atoms with Crippen molar-refractivity contribution in [2.75, 3.05) is 20.2 Å². The summed E-state index contributed by atoms with van der Waals surface area (Å²) < 4.78 is 5.09. The lowest BCUT2D eigenvalue weighted by Gasteiger charge is -2.37. The molecular weight excluding hydrogens is 230 g/mol. The van der Waals surface area contributed by atoms with E-state index < -0.39 is 11.5 Å². The molecule has 0 aliphatic carbocycles. The molecule has 1 N–H and O–H groups in total. The molecule has 1 aromatic carbocycles. The topological polar surface area (TPSA) is 49.8 Å². The number of hydrogen-bond donors (Lipinski definition) is 1. The Balaban J connectivity index is 3.21. The molecule has 1 aromatic rings. The van der Waals surface area contributed by atoms with Crippen LogP contribution in [0.4, 0.5) is 0 Å². The maximum absolute atomic E-state index is 11.7. The largest absolute Gasteiger partial charge is 0.497 e. The van der Waals surface area contributed by atoms with Crippen LogP contribution in [-0.2, 0) is 10.3 Å². The molecule has 0 saturated heterocycles. The zero-order chi connectivity index (χ0) is 13.8. The molecule has 0 bridgehead atoms. The predicted octanol–water partition coefficient (Wildman–Crippen LogP) is 2.34. The maximum Gasteiger partial charge on any atom is 0.328 e. The molecule has 0 amide bonds. The first-order valence-electron chi connectivity index (χ1n) is 6.13. The molecule has 1 atom stereocenters.